The number of hydrogen-bond acceptors (Lipinski definition) is 2. The van der Waals surface area contributed by atoms with E-state index in [9.17, 15) is 9.18 Å². The van der Waals surface area contributed by atoms with Gasteiger partial charge in [-0.25, -0.2) is 9.37 Å². The van der Waals surface area contributed by atoms with Crippen molar-refractivity contribution in [2.75, 3.05) is 13.2 Å². The standard InChI is InChI=1S/C12H14FN3O/c1-2-16-8-15-10-7-9(3-4-11(10)16)12(17)14-6-5-13/h3-4,7-8H,2,5-6H2,1H3,(H,14,17). The fraction of sp³-hybridized carbons (Fsp3) is 0.333. The first-order valence-corrected chi connectivity index (χ1v) is 5.55. The minimum atomic E-state index is -0.557. The number of nitrogens with zero attached hydrogens (tertiary/aromatic N) is 2. The first-order chi connectivity index (χ1) is 8.26. The molecule has 0 aliphatic carbocycles. The first kappa shape index (κ1) is 11.6. The molecular weight excluding hydrogens is 221 g/mol. The molecule has 1 heterocycles. The number of aromatic nitrogens is 2. The molecule has 0 aliphatic rings. The molecule has 17 heavy (non-hydrogen) atoms. The van der Waals surface area contributed by atoms with Crippen molar-refractivity contribution in [3.05, 3.63) is 30.1 Å². The minimum absolute atomic E-state index is 0.0419. The van der Waals surface area contributed by atoms with Crippen LogP contribution in [0, 0.1) is 0 Å². The van der Waals surface area contributed by atoms with Gasteiger partial charge in [0.15, 0.2) is 0 Å². The Hall–Kier alpha value is -1.91. The third-order valence-corrected chi connectivity index (χ3v) is 2.60. The van der Waals surface area contributed by atoms with Crippen molar-refractivity contribution >= 4 is 16.9 Å². The van der Waals surface area contributed by atoms with Crippen LogP contribution in [0.4, 0.5) is 4.39 Å². The number of benzene rings is 1. The van der Waals surface area contributed by atoms with E-state index in [4.69, 9.17) is 0 Å². The second-order valence-electron chi connectivity index (χ2n) is 3.68. The van der Waals surface area contributed by atoms with E-state index in [2.05, 4.69) is 10.3 Å². The highest BCUT2D eigenvalue weighted by atomic mass is 19.1. The van der Waals surface area contributed by atoms with Gasteiger partial charge in [0.05, 0.1) is 17.4 Å². The van der Waals surface area contributed by atoms with Crippen LogP contribution in [0.25, 0.3) is 11.0 Å². The molecule has 0 atom stereocenters. The van der Waals surface area contributed by atoms with Gasteiger partial charge < -0.3 is 9.88 Å². The number of carbonyl (C=O) groups is 1. The highest BCUT2D eigenvalue weighted by molar-refractivity contribution is 5.97. The van der Waals surface area contributed by atoms with E-state index >= 15 is 0 Å². The number of aryl methyl sites for hydroxylation is 1. The van der Waals surface area contributed by atoms with Crippen LogP contribution in [0.5, 0.6) is 0 Å². The van der Waals surface area contributed by atoms with E-state index in [1.165, 1.54) is 0 Å². The molecule has 2 aromatic rings. The average Bonchev–Trinajstić information content (AvgIpc) is 2.77. The summed E-state index contributed by atoms with van der Waals surface area (Å²) < 4.78 is 13.9. The number of amides is 1. The van der Waals surface area contributed by atoms with E-state index in [-0.39, 0.29) is 12.5 Å². The molecule has 0 unspecified atom stereocenters. The van der Waals surface area contributed by atoms with Gasteiger partial charge in [0, 0.05) is 18.7 Å². The van der Waals surface area contributed by atoms with Crippen LogP contribution in [0.15, 0.2) is 24.5 Å². The van der Waals surface area contributed by atoms with Crippen molar-refractivity contribution in [2.24, 2.45) is 0 Å². The van der Waals surface area contributed by atoms with Crippen molar-refractivity contribution < 1.29 is 9.18 Å². The van der Waals surface area contributed by atoms with E-state index in [1.54, 1.807) is 18.5 Å². The van der Waals surface area contributed by atoms with Crippen LogP contribution in [-0.4, -0.2) is 28.7 Å². The Balaban J connectivity index is 2.29. The monoisotopic (exact) mass is 235 g/mol. The lowest BCUT2D eigenvalue weighted by molar-refractivity contribution is 0.0951. The molecule has 1 N–H and O–H groups in total. The topological polar surface area (TPSA) is 46.9 Å². The third kappa shape index (κ3) is 2.27. The van der Waals surface area contributed by atoms with Gasteiger partial charge in [-0.05, 0) is 25.1 Å². The van der Waals surface area contributed by atoms with Gasteiger partial charge in [0.25, 0.3) is 5.91 Å². The molecule has 0 saturated carbocycles. The molecule has 1 amide bonds. The number of alkyl halides is 1. The Morgan fingerprint density at radius 2 is 2.35 bits per heavy atom. The third-order valence-electron chi connectivity index (χ3n) is 2.60. The smallest absolute Gasteiger partial charge is 0.251 e. The van der Waals surface area contributed by atoms with E-state index in [1.807, 2.05) is 17.6 Å². The Morgan fingerprint density at radius 1 is 1.53 bits per heavy atom. The molecule has 1 aromatic carbocycles. The summed E-state index contributed by atoms with van der Waals surface area (Å²) in [5.41, 5.74) is 2.28. The van der Waals surface area contributed by atoms with Crippen LogP contribution in [0.2, 0.25) is 0 Å². The first-order valence-electron chi connectivity index (χ1n) is 5.55. The SMILES string of the molecule is CCn1cnc2cc(C(=O)NCCF)ccc21. The highest BCUT2D eigenvalue weighted by Crippen LogP contribution is 2.14. The molecule has 0 aliphatic heterocycles. The Kier molecular flexibility index (Phi) is 3.37. The molecule has 4 nitrogen and oxygen atoms in total. The van der Waals surface area contributed by atoms with Gasteiger partial charge in [-0.3, -0.25) is 4.79 Å². The number of halogens is 1. The molecule has 0 spiro atoms. The van der Waals surface area contributed by atoms with Gasteiger partial charge >= 0.3 is 0 Å². The maximum atomic E-state index is 11.9. The maximum absolute atomic E-state index is 11.9. The Morgan fingerprint density at radius 3 is 3.06 bits per heavy atom. The van der Waals surface area contributed by atoms with Gasteiger partial charge in [-0.1, -0.05) is 0 Å². The molecule has 0 radical (unpaired) electrons. The van der Waals surface area contributed by atoms with Crippen LogP contribution in [0.1, 0.15) is 17.3 Å². The highest BCUT2D eigenvalue weighted by Gasteiger charge is 2.08. The zero-order chi connectivity index (χ0) is 12.3. The van der Waals surface area contributed by atoms with Crippen molar-refractivity contribution in [1.29, 1.82) is 0 Å². The lowest BCUT2D eigenvalue weighted by atomic mass is 10.2. The van der Waals surface area contributed by atoms with Crippen LogP contribution in [-0.2, 0) is 6.54 Å². The molecule has 5 heteroatoms. The van der Waals surface area contributed by atoms with Gasteiger partial charge in [0.1, 0.15) is 6.67 Å². The zero-order valence-corrected chi connectivity index (χ0v) is 9.61. The second-order valence-corrected chi connectivity index (χ2v) is 3.68. The van der Waals surface area contributed by atoms with Gasteiger partial charge in [0.2, 0.25) is 0 Å². The molecule has 2 rings (SSSR count). The fourth-order valence-corrected chi connectivity index (χ4v) is 1.72. The summed E-state index contributed by atoms with van der Waals surface area (Å²) in [7, 11) is 0. The summed E-state index contributed by atoms with van der Waals surface area (Å²) in [5.74, 6) is -0.268. The molecule has 0 bridgehead atoms. The lowest BCUT2D eigenvalue weighted by Gasteiger charge is -2.03. The summed E-state index contributed by atoms with van der Waals surface area (Å²) in [4.78, 5) is 15.8. The Bertz CT molecular complexity index is 536. The van der Waals surface area contributed by atoms with Crippen LogP contribution < -0.4 is 5.32 Å². The van der Waals surface area contributed by atoms with Crippen molar-refractivity contribution in [2.45, 2.75) is 13.5 Å². The lowest BCUT2D eigenvalue weighted by Crippen LogP contribution is -2.25. The molecule has 0 fully saturated rings. The summed E-state index contributed by atoms with van der Waals surface area (Å²) in [6.07, 6.45) is 1.74. The summed E-state index contributed by atoms with van der Waals surface area (Å²) in [6, 6.07) is 5.30. The van der Waals surface area contributed by atoms with Crippen molar-refractivity contribution in [3.8, 4) is 0 Å². The number of fused-ring (bicyclic) bond motifs is 1. The number of rotatable bonds is 4. The second kappa shape index (κ2) is 4.95. The summed E-state index contributed by atoms with van der Waals surface area (Å²) in [5, 5.41) is 2.49. The van der Waals surface area contributed by atoms with Gasteiger partial charge in [-0.15, -0.1) is 0 Å². The van der Waals surface area contributed by atoms with E-state index in [0.29, 0.717) is 5.56 Å². The molecule has 0 saturated heterocycles. The Labute approximate surface area is 98.5 Å². The maximum Gasteiger partial charge on any atom is 0.251 e. The number of nitrogens with one attached hydrogen (secondary N) is 1. The minimum Gasteiger partial charge on any atom is -0.349 e. The van der Waals surface area contributed by atoms with E-state index in [0.717, 1.165) is 17.6 Å². The average molecular weight is 235 g/mol. The quantitative estimate of drug-likeness (QED) is 0.877. The normalized spacial score (nSPS) is 10.7. The predicted octanol–water partition coefficient (Wildman–Crippen LogP) is 1.76. The number of carbonyl (C=O) groups excluding carboxylic acids is 1. The number of imidazole rings is 1. The summed E-state index contributed by atoms with van der Waals surface area (Å²) >= 11 is 0. The van der Waals surface area contributed by atoms with Crippen LogP contribution >= 0.6 is 0 Å². The van der Waals surface area contributed by atoms with Crippen LogP contribution in [0.3, 0.4) is 0 Å². The van der Waals surface area contributed by atoms with Gasteiger partial charge in [-0.2, -0.15) is 0 Å². The zero-order valence-electron chi connectivity index (χ0n) is 9.61. The fourth-order valence-electron chi connectivity index (χ4n) is 1.72. The van der Waals surface area contributed by atoms with Crippen molar-refractivity contribution in [3.63, 3.8) is 0 Å². The van der Waals surface area contributed by atoms with E-state index < -0.39 is 6.67 Å². The largest absolute Gasteiger partial charge is 0.349 e. The molecular formula is C12H14FN3O. The number of hydrogen-bond donors (Lipinski definition) is 1. The molecule has 90 valence electrons. The molecule has 1 aromatic heterocycles. The van der Waals surface area contributed by atoms with Crippen molar-refractivity contribution in [1.82, 2.24) is 14.9 Å². The predicted molar refractivity (Wildman–Crippen MR) is 63.7 cm³/mol. The summed E-state index contributed by atoms with van der Waals surface area (Å²) in [6.45, 7) is 2.35.